The number of benzene rings is 2. The third kappa shape index (κ3) is 3.79. The van der Waals surface area contributed by atoms with E-state index in [4.69, 9.17) is 0 Å². The van der Waals surface area contributed by atoms with Gasteiger partial charge in [0.25, 0.3) is 5.91 Å². The van der Waals surface area contributed by atoms with Crippen LogP contribution in [0.2, 0.25) is 0 Å². The van der Waals surface area contributed by atoms with Crippen molar-refractivity contribution in [3.63, 3.8) is 0 Å². The highest BCUT2D eigenvalue weighted by Gasteiger charge is 2.22. The molecule has 142 valence electrons. The minimum absolute atomic E-state index is 0.167. The molecule has 0 spiro atoms. The number of hydrogen-bond donors (Lipinski definition) is 0. The van der Waals surface area contributed by atoms with E-state index in [-0.39, 0.29) is 17.2 Å². The van der Waals surface area contributed by atoms with Crippen LogP contribution < -0.4 is 4.90 Å². The van der Waals surface area contributed by atoms with Crippen LogP contribution in [0, 0.1) is 5.82 Å². The average molecular weight is 413 g/mol. The second-order valence-electron chi connectivity index (χ2n) is 6.04. The van der Waals surface area contributed by atoms with Crippen molar-refractivity contribution >= 4 is 44.4 Å². The Labute approximate surface area is 169 Å². The lowest BCUT2D eigenvalue weighted by Gasteiger charge is -2.20. The Balaban J connectivity index is 1.69. The highest BCUT2D eigenvalue weighted by Crippen LogP contribution is 2.31. The Hall–Kier alpha value is -2.71. The van der Waals surface area contributed by atoms with E-state index >= 15 is 0 Å². The first kappa shape index (κ1) is 18.6. The van der Waals surface area contributed by atoms with Gasteiger partial charge in [-0.05, 0) is 48.7 Å². The van der Waals surface area contributed by atoms with Gasteiger partial charge < -0.3 is 0 Å². The van der Waals surface area contributed by atoms with E-state index in [0.29, 0.717) is 28.5 Å². The van der Waals surface area contributed by atoms with Gasteiger partial charge in [0.05, 0.1) is 11.2 Å². The van der Waals surface area contributed by atoms with E-state index < -0.39 is 0 Å². The predicted molar refractivity (Wildman–Crippen MR) is 112 cm³/mol. The molecule has 0 bridgehead atoms. The first-order valence-corrected chi connectivity index (χ1v) is 10.7. The number of fused-ring (bicyclic) bond motifs is 1. The maximum absolute atomic E-state index is 14.1. The van der Waals surface area contributed by atoms with Crippen molar-refractivity contribution in [3.8, 4) is 0 Å². The molecule has 0 atom stereocenters. The summed E-state index contributed by atoms with van der Waals surface area (Å²) in [5.74, 6) is -0.553. The van der Waals surface area contributed by atoms with Gasteiger partial charge in [-0.2, -0.15) is 5.10 Å². The first-order chi connectivity index (χ1) is 13.7. The SMILES string of the molecule is CSc1ccc(C(=O)N(CCn2cccn2)c2nc3c(F)cccc3s2)cc1. The highest BCUT2D eigenvalue weighted by atomic mass is 32.2. The minimum Gasteiger partial charge on any atom is -0.282 e. The van der Waals surface area contributed by atoms with Crippen LogP contribution in [0.5, 0.6) is 0 Å². The zero-order chi connectivity index (χ0) is 19.5. The van der Waals surface area contributed by atoms with Crippen LogP contribution in [-0.2, 0) is 6.54 Å². The van der Waals surface area contributed by atoms with Crippen molar-refractivity contribution in [3.05, 3.63) is 72.3 Å². The Bertz CT molecular complexity index is 1090. The number of carbonyl (C=O) groups is 1. The van der Waals surface area contributed by atoms with Crippen molar-refractivity contribution in [1.82, 2.24) is 14.8 Å². The average Bonchev–Trinajstić information content (AvgIpc) is 3.39. The molecule has 4 rings (SSSR count). The number of aromatic nitrogens is 3. The Morgan fingerprint density at radius 3 is 2.71 bits per heavy atom. The number of thioether (sulfide) groups is 1. The van der Waals surface area contributed by atoms with E-state index in [1.807, 2.05) is 48.9 Å². The third-order valence-electron chi connectivity index (χ3n) is 4.28. The fourth-order valence-electron chi connectivity index (χ4n) is 2.83. The van der Waals surface area contributed by atoms with Crippen LogP contribution in [0.4, 0.5) is 9.52 Å². The predicted octanol–water partition coefficient (Wildman–Crippen LogP) is 4.70. The summed E-state index contributed by atoms with van der Waals surface area (Å²) in [6.45, 7) is 0.895. The normalized spacial score (nSPS) is 11.1. The monoisotopic (exact) mass is 412 g/mol. The first-order valence-electron chi connectivity index (χ1n) is 8.64. The molecule has 0 saturated heterocycles. The summed E-state index contributed by atoms with van der Waals surface area (Å²) in [6.07, 6.45) is 5.52. The van der Waals surface area contributed by atoms with Crippen molar-refractivity contribution in [2.75, 3.05) is 17.7 Å². The maximum Gasteiger partial charge on any atom is 0.260 e. The number of amides is 1. The van der Waals surface area contributed by atoms with Gasteiger partial charge in [-0.1, -0.05) is 17.4 Å². The molecule has 0 aliphatic carbocycles. The number of carbonyl (C=O) groups excluding carboxylic acids is 1. The van der Waals surface area contributed by atoms with Gasteiger partial charge in [0.1, 0.15) is 11.3 Å². The van der Waals surface area contributed by atoms with Crippen LogP contribution in [0.15, 0.2) is 65.8 Å². The molecule has 5 nitrogen and oxygen atoms in total. The van der Waals surface area contributed by atoms with Crippen LogP contribution in [-0.4, -0.2) is 33.5 Å². The molecule has 0 saturated carbocycles. The van der Waals surface area contributed by atoms with Crippen LogP contribution in [0.3, 0.4) is 0 Å². The Kier molecular flexibility index (Phi) is 5.40. The minimum atomic E-state index is -0.385. The number of rotatable bonds is 6. The molecule has 4 aromatic rings. The molecule has 2 aromatic carbocycles. The fourth-order valence-corrected chi connectivity index (χ4v) is 4.24. The van der Waals surface area contributed by atoms with Crippen LogP contribution in [0.1, 0.15) is 10.4 Å². The lowest BCUT2D eigenvalue weighted by molar-refractivity contribution is 0.0985. The summed E-state index contributed by atoms with van der Waals surface area (Å²) < 4.78 is 16.6. The number of thiazole rings is 1. The molecule has 0 radical (unpaired) electrons. The second-order valence-corrected chi connectivity index (χ2v) is 7.93. The standard InChI is InChI=1S/C20H17FN4OS2/c1-27-15-8-6-14(7-9-15)19(26)25(13-12-24-11-3-10-22-24)20-23-18-16(21)4-2-5-17(18)28-20/h2-11H,12-13H2,1H3. The molecule has 1 amide bonds. The summed E-state index contributed by atoms with van der Waals surface area (Å²) >= 11 is 2.93. The van der Waals surface area contributed by atoms with Gasteiger partial charge in [-0.15, -0.1) is 11.8 Å². The number of nitrogens with zero attached hydrogens (tertiary/aromatic N) is 4. The molecular formula is C20H17FN4OS2. The number of anilines is 1. The van der Waals surface area contributed by atoms with E-state index in [2.05, 4.69) is 10.1 Å². The van der Waals surface area contributed by atoms with Gasteiger partial charge in [0.2, 0.25) is 0 Å². The highest BCUT2D eigenvalue weighted by molar-refractivity contribution is 7.98. The zero-order valence-corrected chi connectivity index (χ0v) is 16.7. The van der Waals surface area contributed by atoms with Crippen molar-refractivity contribution < 1.29 is 9.18 Å². The van der Waals surface area contributed by atoms with Gasteiger partial charge in [-0.25, -0.2) is 9.37 Å². The topological polar surface area (TPSA) is 51.0 Å². The van der Waals surface area contributed by atoms with E-state index in [9.17, 15) is 9.18 Å². The van der Waals surface area contributed by atoms with Crippen molar-refractivity contribution in [2.45, 2.75) is 11.4 Å². The van der Waals surface area contributed by atoms with E-state index in [0.717, 1.165) is 4.90 Å². The van der Waals surface area contributed by atoms with Crippen molar-refractivity contribution in [2.24, 2.45) is 0 Å². The Morgan fingerprint density at radius 1 is 1.21 bits per heavy atom. The van der Waals surface area contributed by atoms with Crippen LogP contribution >= 0.6 is 23.1 Å². The molecule has 0 N–H and O–H groups in total. The molecule has 2 aromatic heterocycles. The number of hydrogen-bond acceptors (Lipinski definition) is 5. The molecule has 2 heterocycles. The summed E-state index contributed by atoms with van der Waals surface area (Å²) in [4.78, 5) is 20.3. The molecule has 0 aliphatic rings. The molecule has 0 aliphatic heterocycles. The molecule has 0 unspecified atom stereocenters. The van der Waals surface area contributed by atoms with Crippen LogP contribution in [0.25, 0.3) is 10.2 Å². The fraction of sp³-hybridized carbons (Fsp3) is 0.150. The van der Waals surface area contributed by atoms with Gasteiger partial charge in [0, 0.05) is 29.4 Å². The molecule has 0 fully saturated rings. The largest absolute Gasteiger partial charge is 0.282 e. The molecular weight excluding hydrogens is 395 g/mol. The van der Waals surface area contributed by atoms with E-state index in [1.54, 1.807) is 33.6 Å². The van der Waals surface area contributed by atoms with Gasteiger partial charge in [-0.3, -0.25) is 14.4 Å². The Morgan fingerprint density at radius 2 is 2.04 bits per heavy atom. The quantitative estimate of drug-likeness (QED) is 0.431. The third-order valence-corrected chi connectivity index (χ3v) is 6.07. The number of para-hydroxylation sites is 1. The summed E-state index contributed by atoms with van der Waals surface area (Å²) in [7, 11) is 0. The smallest absolute Gasteiger partial charge is 0.260 e. The summed E-state index contributed by atoms with van der Waals surface area (Å²) in [5.41, 5.74) is 0.857. The zero-order valence-electron chi connectivity index (χ0n) is 15.1. The van der Waals surface area contributed by atoms with Gasteiger partial charge >= 0.3 is 0 Å². The number of halogens is 1. The second kappa shape index (κ2) is 8.12. The molecule has 28 heavy (non-hydrogen) atoms. The van der Waals surface area contributed by atoms with Gasteiger partial charge in [0.15, 0.2) is 5.13 Å². The van der Waals surface area contributed by atoms with Crippen molar-refractivity contribution in [1.29, 1.82) is 0 Å². The summed E-state index contributed by atoms with van der Waals surface area (Å²) in [5, 5.41) is 4.67. The summed E-state index contributed by atoms with van der Waals surface area (Å²) in [6, 6.07) is 14.1. The van der Waals surface area contributed by atoms with E-state index in [1.165, 1.54) is 17.4 Å². The molecule has 8 heteroatoms. The maximum atomic E-state index is 14.1. The lowest BCUT2D eigenvalue weighted by atomic mass is 10.2. The lowest BCUT2D eigenvalue weighted by Crippen LogP contribution is -2.34.